The number of likely N-dealkylation sites (N-methyl/N-ethyl adjacent to an activating group) is 1. The van der Waals surface area contributed by atoms with E-state index in [1.54, 1.807) is 6.07 Å². The van der Waals surface area contributed by atoms with E-state index in [0.717, 1.165) is 12.1 Å². The van der Waals surface area contributed by atoms with Crippen LogP contribution in [0.5, 0.6) is 0 Å². The lowest BCUT2D eigenvalue weighted by atomic mass is 10.1. The van der Waals surface area contributed by atoms with E-state index in [2.05, 4.69) is 0 Å². The van der Waals surface area contributed by atoms with Crippen LogP contribution in [0.15, 0.2) is 36.4 Å². The summed E-state index contributed by atoms with van der Waals surface area (Å²) in [4.78, 5) is 1.21. The highest BCUT2D eigenvalue weighted by Gasteiger charge is 2.18. The number of nitriles is 1. The van der Waals surface area contributed by atoms with Gasteiger partial charge >= 0.3 is 0 Å². The van der Waals surface area contributed by atoms with Crippen molar-refractivity contribution in [2.45, 2.75) is 6.10 Å². The van der Waals surface area contributed by atoms with Crippen LogP contribution in [0.4, 0.5) is 18.9 Å². The summed E-state index contributed by atoms with van der Waals surface area (Å²) in [5, 5.41) is 18.7. The van der Waals surface area contributed by atoms with Crippen LogP contribution in [-0.2, 0) is 0 Å². The zero-order valence-electron chi connectivity index (χ0n) is 11.7. The summed E-state index contributed by atoms with van der Waals surface area (Å²) >= 11 is 0. The van der Waals surface area contributed by atoms with E-state index in [1.165, 1.54) is 36.2 Å². The molecule has 1 atom stereocenters. The van der Waals surface area contributed by atoms with Gasteiger partial charge in [0.15, 0.2) is 11.6 Å². The summed E-state index contributed by atoms with van der Waals surface area (Å²) in [7, 11) is 1.42. The number of aliphatic hydroxyl groups excluding tert-OH is 1. The van der Waals surface area contributed by atoms with E-state index in [1.807, 2.05) is 0 Å². The molecule has 0 aliphatic carbocycles. The molecular weight excluding hydrogens is 293 g/mol. The van der Waals surface area contributed by atoms with Crippen molar-refractivity contribution in [2.24, 2.45) is 0 Å². The lowest BCUT2D eigenvalue weighted by molar-refractivity contribution is 0.184. The Hall–Kier alpha value is -2.52. The van der Waals surface area contributed by atoms with Crippen LogP contribution >= 0.6 is 0 Å². The summed E-state index contributed by atoms with van der Waals surface area (Å²) in [6.45, 7) is -0.0919. The lowest BCUT2D eigenvalue weighted by Crippen LogP contribution is -2.26. The molecule has 0 saturated heterocycles. The molecule has 0 spiro atoms. The largest absolute Gasteiger partial charge is 0.387 e. The molecule has 114 valence electrons. The fourth-order valence-corrected chi connectivity index (χ4v) is 2.14. The molecule has 0 fully saturated rings. The van der Waals surface area contributed by atoms with E-state index in [0.29, 0.717) is 5.56 Å². The standard InChI is InChI=1S/C16H13F3N2O/c1-21(9-15(22)11-2-4-12(17)5-3-11)16-13(18)6-10(8-20)7-14(16)19/h2-7,15,22H,9H2,1H3/t15-/m0/s1. The van der Waals surface area contributed by atoms with Crippen molar-refractivity contribution >= 4 is 5.69 Å². The van der Waals surface area contributed by atoms with Crippen LogP contribution in [0.2, 0.25) is 0 Å². The van der Waals surface area contributed by atoms with Gasteiger partial charge in [-0.2, -0.15) is 5.26 Å². The molecule has 0 amide bonds. The second-order valence-electron chi connectivity index (χ2n) is 4.85. The number of nitrogens with zero attached hydrogens (tertiary/aromatic N) is 2. The molecule has 0 bridgehead atoms. The monoisotopic (exact) mass is 306 g/mol. The Bertz CT molecular complexity index is 687. The lowest BCUT2D eigenvalue weighted by Gasteiger charge is -2.24. The quantitative estimate of drug-likeness (QED) is 0.944. The number of hydrogen-bond donors (Lipinski definition) is 1. The molecule has 2 aromatic rings. The fraction of sp³-hybridized carbons (Fsp3) is 0.188. The molecule has 0 unspecified atom stereocenters. The van der Waals surface area contributed by atoms with Gasteiger partial charge in [0.2, 0.25) is 0 Å². The first-order valence-corrected chi connectivity index (χ1v) is 6.46. The summed E-state index contributed by atoms with van der Waals surface area (Å²) < 4.78 is 40.6. The normalized spacial score (nSPS) is 11.8. The second-order valence-corrected chi connectivity index (χ2v) is 4.85. The Morgan fingerprint density at radius 1 is 1.14 bits per heavy atom. The first-order chi connectivity index (χ1) is 10.4. The van der Waals surface area contributed by atoms with Crippen LogP contribution in [0.25, 0.3) is 0 Å². The summed E-state index contributed by atoms with van der Waals surface area (Å²) in [6, 6.07) is 8.72. The summed E-state index contributed by atoms with van der Waals surface area (Å²) in [6.07, 6.45) is -1.04. The summed E-state index contributed by atoms with van der Waals surface area (Å²) in [5.41, 5.74) is -0.0193. The molecule has 2 aromatic carbocycles. The minimum absolute atomic E-state index is 0.0919. The van der Waals surface area contributed by atoms with Crippen molar-refractivity contribution in [2.75, 3.05) is 18.5 Å². The highest BCUT2D eigenvalue weighted by Crippen LogP contribution is 2.26. The molecule has 0 heterocycles. The predicted octanol–water partition coefficient (Wildman–Crippen LogP) is 3.15. The van der Waals surface area contributed by atoms with Crippen molar-refractivity contribution < 1.29 is 18.3 Å². The van der Waals surface area contributed by atoms with Gasteiger partial charge in [0.05, 0.1) is 17.7 Å². The van der Waals surface area contributed by atoms with Crippen LogP contribution in [0, 0.1) is 28.8 Å². The number of hydrogen-bond acceptors (Lipinski definition) is 3. The molecule has 0 aliphatic heterocycles. The molecule has 22 heavy (non-hydrogen) atoms. The van der Waals surface area contributed by atoms with E-state index in [9.17, 15) is 18.3 Å². The van der Waals surface area contributed by atoms with Crippen molar-refractivity contribution in [3.8, 4) is 6.07 Å². The first kappa shape index (κ1) is 15.9. The van der Waals surface area contributed by atoms with Crippen molar-refractivity contribution in [1.29, 1.82) is 5.26 Å². The van der Waals surface area contributed by atoms with Gasteiger partial charge in [-0.05, 0) is 29.8 Å². The Balaban J connectivity index is 2.20. The molecular formula is C16H13F3N2O. The second kappa shape index (κ2) is 6.50. The Morgan fingerprint density at radius 3 is 2.18 bits per heavy atom. The van der Waals surface area contributed by atoms with E-state index < -0.39 is 23.6 Å². The molecule has 0 radical (unpaired) electrons. The number of benzene rings is 2. The van der Waals surface area contributed by atoms with Crippen molar-refractivity contribution in [3.05, 3.63) is 65.0 Å². The topological polar surface area (TPSA) is 47.3 Å². The van der Waals surface area contributed by atoms with Crippen LogP contribution in [0.1, 0.15) is 17.2 Å². The average molecular weight is 306 g/mol. The molecule has 0 saturated carbocycles. The van der Waals surface area contributed by atoms with Gasteiger partial charge in [0.25, 0.3) is 0 Å². The van der Waals surface area contributed by atoms with Crippen LogP contribution in [0.3, 0.4) is 0 Å². The molecule has 6 heteroatoms. The van der Waals surface area contributed by atoms with E-state index in [4.69, 9.17) is 5.26 Å². The van der Waals surface area contributed by atoms with E-state index >= 15 is 0 Å². The molecule has 0 aromatic heterocycles. The maximum atomic E-state index is 13.9. The molecule has 2 rings (SSSR count). The molecule has 1 N–H and O–H groups in total. The fourth-order valence-electron chi connectivity index (χ4n) is 2.14. The van der Waals surface area contributed by atoms with Crippen LogP contribution in [-0.4, -0.2) is 18.7 Å². The zero-order chi connectivity index (χ0) is 16.3. The SMILES string of the molecule is CN(C[C@H](O)c1ccc(F)cc1)c1c(F)cc(C#N)cc1F. The Morgan fingerprint density at radius 2 is 1.68 bits per heavy atom. The number of aliphatic hydroxyl groups is 1. The van der Waals surface area contributed by atoms with E-state index in [-0.39, 0.29) is 17.8 Å². The van der Waals surface area contributed by atoms with Crippen molar-refractivity contribution in [1.82, 2.24) is 0 Å². The van der Waals surface area contributed by atoms with Gasteiger partial charge in [-0.1, -0.05) is 12.1 Å². The smallest absolute Gasteiger partial charge is 0.150 e. The Labute approximate surface area is 125 Å². The Kier molecular flexibility index (Phi) is 4.68. The van der Waals surface area contributed by atoms with Crippen LogP contribution < -0.4 is 4.90 Å². The highest BCUT2D eigenvalue weighted by molar-refractivity contribution is 5.52. The van der Waals surface area contributed by atoms with Gasteiger partial charge < -0.3 is 10.0 Å². The van der Waals surface area contributed by atoms with Gasteiger partial charge in [0, 0.05) is 13.6 Å². The third kappa shape index (κ3) is 3.38. The van der Waals surface area contributed by atoms with Crippen molar-refractivity contribution in [3.63, 3.8) is 0 Å². The first-order valence-electron chi connectivity index (χ1n) is 6.46. The van der Waals surface area contributed by atoms with Gasteiger partial charge in [-0.25, -0.2) is 13.2 Å². The summed E-state index contributed by atoms with van der Waals surface area (Å²) in [5.74, 6) is -2.20. The predicted molar refractivity (Wildman–Crippen MR) is 75.7 cm³/mol. The van der Waals surface area contributed by atoms with Gasteiger partial charge in [0.1, 0.15) is 11.5 Å². The average Bonchev–Trinajstić information content (AvgIpc) is 2.46. The highest BCUT2D eigenvalue weighted by atomic mass is 19.1. The number of rotatable bonds is 4. The number of halogens is 3. The van der Waals surface area contributed by atoms with Gasteiger partial charge in [-0.3, -0.25) is 0 Å². The molecule has 3 nitrogen and oxygen atoms in total. The van der Waals surface area contributed by atoms with Gasteiger partial charge in [-0.15, -0.1) is 0 Å². The maximum absolute atomic E-state index is 13.9. The third-order valence-corrected chi connectivity index (χ3v) is 3.23. The number of anilines is 1. The molecule has 0 aliphatic rings. The zero-order valence-corrected chi connectivity index (χ0v) is 11.7. The maximum Gasteiger partial charge on any atom is 0.150 e. The minimum Gasteiger partial charge on any atom is -0.387 e. The third-order valence-electron chi connectivity index (χ3n) is 3.23. The minimum atomic E-state index is -1.04.